The van der Waals surface area contributed by atoms with Crippen LogP contribution in [0.25, 0.3) is 0 Å². The van der Waals surface area contributed by atoms with Crippen molar-refractivity contribution in [2.24, 2.45) is 0 Å². The Hall–Kier alpha value is -1.50. The third kappa shape index (κ3) is 7.54. The number of likely N-dealkylation sites (N-methyl/N-ethyl adjacent to an activating group) is 1. The number of ether oxygens (including phenoxy) is 1. The molecule has 0 saturated carbocycles. The molecule has 0 aliphatic carbocycles. The molecule has 0 saturated heterocycles. The van der Waals surface area contributed by atoms with Crippen molar-refractivity contribution in [3.8, 4) is 5.75 Å². The molecule has 23 heavy (non-hydrogen) atoms. The van der Waals surface area contributed by atoms with Gasteiger partial charge in [-0.2, -0.15) is 0 Å². The molecule has 7 heteroatoms. The highest BCUT2D eigenvalue weighted by atomic mass is 35.5. The Morgan fingerprint density at radius 1 is 1.35 bits per heavy atom. The number of nitrogens with one attached hydrogen (secondary N) is 1. The number of aliphatic hydroxyl groups excluding tert-OH is 1. The van der Waals surface area contributed by atoms with Crippen molar-refractivity contribution >= 4 is 23.2 Å². The number of hydrogen-bond acceptors (Lipinski definition) is 5. The molecule has 0 fully saturated rings. The summed E-state index contributed by atoms with van der Waals surface area (Å²) >= 11 is 5.95. The number of nitrogens with two attached hydrogens (primary N) is 1. The third-order valence-corrected chi connectivity index (χ3v) is 3.50. The normalized spacial score (nSPS) is 10.0. The van der Waals surface area contributed by atoms with Crippen LogP contribution in [0.5, 0.6) is 5.75 Å². The van der Waals surface area contributed by atoms with Crippen molar-refractivity contribution in [1.29, 1.82) is 0 Å². The van der Waals surface area contributed by atoms with Crippen molar-refractivity contribution in [1.82, 2.24) is 10.2 Å². The van der Waals surface area contributed by atoms with Crippen LogP contribution in [0.15, 0.2) is 12.1 Å². The van der Waals surface area contributed by atoms with Crippen LogP contribution in [0.1, 0.15) is 31.1 Å². The van der Waals surface area contributed by atoms with Gasteiger partial charge >= 0.3 is 0 Å². The number of methoxy groups -OCH3 is 1. The number of carbonyl (C=O) groups excluding carboxylic acids is 1. The molecule has 1 amide bonds. The molecule has 1 rings (SSSR count). The van der Waals surface area contributed by atoms with Crippen LogP contribution in [0.3, 0.4) is 0 Å². The molecule has 6 nitrogen and oxygen atoms in total. The number of nitrogen functional groups attached to an aromatic ring is 1. The summed E-state index contributed by atoms with van der Waals surface area (Å²) in [5.41, 5.74) is 6.48. The first-order chi connectivity index (χ1) is 10.9. The first-order valence-corrected chi connectivity index (χ1v) is 8.07. The van der Waals surface area contributed by atoms with Gasteiger partial charge in [0.1, 0.15) is 5.75 Å². The molecular formula is C16H28ClN3O3. The Kier molecular flexibility index (Phi) is 11.2. The molecule has 4 N–H and O–H groups in total. The van der Waals surface area contributed by atoms with Gasteiger partial charge < -0.3 is 25.8 Å². The number of aliphatic hydroxyl groups is 1. The summed E-state index contributed by atoms with van der Waals surface area (Å²) in [6, 6.07) is 3.09. The molecule has 0 aliphatic heterocycles. The molecule has 0 heterocycles. The Bertz CT molecular complexity index is 480. The van der Waals surface area contributed by atoms with Crippen molar-refractivity contribution in [3.63, 3.8) is 0 Å². The van der Waals surface area contributed by atoms with Crippen LogP contribution in [-0.2, 0) is 0 Å². The predicted molar refractivity (Wildman–Crippen MR) is 95.3 cm³/mol. The minimum atomic E-state index is -0.212. The van der Waals surface area contributed by atoms with E-state index in [-0.39, 0.29) is 12.5 Å². The molecule has 132 valence electrons. The highest BCUT2D eigenvalue weighted by molar-refractivity contribution is 6.33. The molecule has 0 atom stereocenters. The second kappa shape index (κ2) is 12.0. The molecule has 0 aromatic heterocycles. The van der Waals surface area contributed by atoms with Crippen molar-refractivity contribution < 1.29 is 14.6 Å². The van der Waals surface area contributed by atoms with Crippen LogP contribution in [0, 0.1) is 0 Å². The van der Waals surface area contributed by atoms with Gasteiger partial charge in [0, 0.05) is 25.8 Å². The number of carbonyl (C=O) groups is 1. The van der Waals surface area contributed by atoms with E-state index in [4.69, 9.17) is 27.2 Å². The fraction of sp³-hybridized carbons (Fsp3) is 0.562. The van der Waals surface area contributed by atoms with E-state index in [1.54, 1.807) is 13.0 Å². The van der Waals surface area contributed by atoms with Crippen LogP contribution < -0.4 is 15.8 Å². The average molecular weight is 346 g/mol. The van der Waals surface area contributed by atoms with Gasteiger partial charge in [-0.25, -0.2) is 0 Å². The van der Waals surface area contributed by atoms with Gasteiger partial charge in [0.25, 0.3) is 5.91 Å². The van der Waals surface area contributed by atoms with Gasteiger partial charge in [0.15, 0.2) is 0 Å². The number of hydrogen-bond donors (Lipinski definition) is 3. The quantitative estimate of drug-likeness (QED) is 0.658. The molecule has 0 bridgehead atoms. The molecule has 0 unspecified atom stereocenters. The van der Waals surface area contributed by atoms with Crippen molar-refractivity contribution in [2.75, 3.05) is 45.6 Å². The Morgan fingerprint density at radius 3 is 2.39 bits per heavy atom. The monoisotopic (exact) mass is 345 g/mol. The fourth-order valence-corrected chi connectivity index (χ4v) is 2.04. The largest absolute Gasteiger partial charge is 0.496 e. The lowest BCUT2D eigenvalue weighted by atomic mass is 10.1. The van der Waals surface area contributed by atoms with Gasteiger partial charge in [0.05, 0.1) is 23.4 Å². The maximum absolute atomic E-state index is 12.1. The lowest BCUT2D eigenvalue weighted by Gasteiger charge is -2.18. The van der Waals surface area contributed by atoms with E-state index in [1.807, 2.05) is 0 Å². The standard InChI is InChI=1S/C14H22ClN3O2.C2H6O/c1-4-18(5-2)7-6-17-14(19)10-8-11(15)12(16)9-13(10)20-3;1-2-3/h8-9H,4-7,16H2,1-3H3,(H,17,19);3H,2H2,1H3. The number of anilines is 1. The molecule has 0 aliphatic rings. The average Bonchev–Trinajstić information content (AvgIpc) is 2.54. The van der Waals surface area contributed by atoms with E-state index < -0.39 is 0 Å². The molecule has 1 aromatic rings. The zero-order valence-electron chi connectivity index (χ0n) is 14.4. The lowest BCUT2D eigenvalue weighted by molar-refractivity contribution is 0.0946. The van der Waals surface area contributed by atoms with E-state index in [0.717, 1.165) is 19.6 Å². The minimum absolute atomic E-state index is 0.212. The van der Waals surface area contributed by atoms with Crippen LogP contribution in [0.4, 0.5) is 5.69 Å². The zero-order valence-corrected chi connectivity index (χ0v) is 15.1. The lowest BCUT2D eigenvalue weighted by Crippen LogP contribution is -2.34. The maximum Gasteiger partial charge on any atom is 0.255 e. The van der Waals surface area contributed by atoms with Crippen molar-refractivity contribution in [2.45, 2.75) is 20.8 Å². The maximum atomic E-state index is 12.1. The summed E-state index contributed by atoms with van der Waals surface area (Å²) in [4.78, 5) is 14.4. The minimum Gasteiger partial charge on any atom is -0.496 e. The first kappa shape index (κ1) is 21.5. The van der Waals surface area contributed by atoms with E-state index in [9.17, 15) is 4.79 Å². The molecule has 0 spiro atoms. The van der Waals surface area contributed by atoms with Gasteiger partial charge in [-0.1, -0.05) is 25.4 Å². The number of halogens is 1. The molecule has 0 radical (unpaired) electrons. The predicted octanol–water partition coefficient (Wildman–Crippen LogP) is 2.00. The number of rotatable bonds is 7. The SMILES string of the molecule is CCN(CC)CCNC(=O)c1cc(Cl)c(N)cc1OC.CCO. The summed E-state index contributed by atoms with van der Waals surface area (Å²) in [6.45, 7) is 9.42. The highest BCUT2D eigenvalue weighted by Crippen LogP contribution is 2.28. The third-order valence-electron chi connectivity index (χ3n) is 3.17. The van der Waals surface area contributed by atoms with E-state index in [0.29, 0.717) is 28.6 Å². The van der Waals surface area contributed by atoms with Crippen molar-refractivity contribution in [3.05, 3.63) is 22.7 Å². The van der Waals surface area contributed by atoms with Gasteiger partial charge in [0.2, 0.25) is 0 Å². The Labute approximate surface area is 143 Å². The van der Waals surface area contributed by atoms with E-state index in [2.05, 4.69) is 24.1 Å². The Balaban J connectivity index is 0.00000149. The second-order valence-corrected chi connectivity index (χ2v) is 5.08. The summed E-state index contributed by atoms with van der Waals surface area (Å²) in [7, 11) is 1.50. The van der Waals surface area contributed by atoms with Gasteiger partial charge in [-0.15, -0.1) is 0 Å². The van der Waals surface area contributed by atoms with Gasteiger partial charge in [-0.05, 0) is 26.1 Å². The smallest absolute Gasteiger partial charge is 0.255 e. The summed E-state index contributed by atoms with van der Waals surface area (Å²) in [5.74, 6) is 0.211. The summed E-state index contributed by atoms with van der Waals surface area (Å²) < 4.78 is 5.16. The number of nitrogens with zero attached hydrogens (tertiary/aromatic N) is 1. The second-order valence-electron chi connectivity index (χ2n) is 4.67. The van der Waals surface area contributed by atoms with Crippen LogP contribution in [0.2, 0.25) is 5.02 Å². The van der Waals surface area contributed by atoms with E-state index >= 15 is 0 Å². The van der Waals surface area contributed by atoms with E-state index in [1.165, 1.54) is 13.2 Å². The zero-order chi connectivity index (χ0) is 17.8. The topological polar surface area (TPSA) is 87.8 Å². The fourth-order valence-electron chi connectivity index (χ4n) is 1.88. The summed E-state index contributed by atoms with van der Waals surface area (Å²) in [6.07, 6.45) is 0. The van der Waals surface area contributed by atoms with Crippen LogP contribution in [-0.4, -0.2) is 55.8 Å². The Morgan fingerprint density at radius 2 is 1.91 bits per heavy atom. The summed E-state index contributed by atoms with van der Waals surface area (Å²) in [5, 5.41) is 10.8. The van der Waals surface area contributed by atoms with Crippen LogP contribution >= 0.6 is 11.6 Å². The first-order valence-electron chi connectivity index (χ1n) is 7.69. The van der Waals surface area contributed by atoms with Gasteiger partial charge in [-0.3, -0.25) is 4.79 Å². The molecule has 1 aromatic carbocycles. The number of benzene rings is 1. The highest BCUT2D eigenvalue weighted by Gasteiger charge is 2.14. The number of amides is 1. The molecular weight excluding hydrogens is 318 g/mol.